The van der Waals surface area contributed by atoms with Gasteiger partial charge in [-0.1, -0.05) is 62.4 Å². The second-order valence-corrected chi connectivity index (χ2v) is 17.6. The van der Waals surface area contributed by atoms with Gasteiger partial charge in [-0.25, -0.2) is 14.4 Å². The predicted octanol–water partition coefficient (Wildman–Crippen LogP) is 3.26. The highest BCUT2D eigenvalue weighted by atomic mass is 16.6. The molecule has 2 saturated carbocycles. The van der Waals surface area contributed by atoms with Crippen LogP contribution in [0.1, 0.15) is 90.2 Å². The Labute approximate surface area is 336 Å². The molecule has 1 heterocycles. The molecular formula is C43H53NO14. The summed E-state index contributed by atoms with van der Waals surface area (Å²) in [4.78, 5) is 68.9. The van der Waals surface area contributed by atoms with Crippen LogP contribution in [0.3, 0.4) is 0 Å². The Balaban J connectivity index is 1.49. The van der Waals surface area contributed by atoms with Crippen molar-refractivity contribution in [3.05, 3.63) is 82.9 Å². The molecule has 1 amide bonds. The van der Waals surface area contributed by atoms with E-state index in [2.05, 4.69) is 5.32 Å². The normalized spacial score (nSPS) is 33.7. The number of ether oxygens (including phenoxy) is 5. The summed E-state index contributed by atoms with van der Waals surface area (Å²) in [5.41, 5.74) is -8.14. The van der Waals surface area contributed by atoms with Crippen LogP contribution in [-0.2, 0) is 38.1 Å². The number of benzene rings is 2. The number of ketones is 1. The molecule has 11 atom stereocenters. The SMILES string of the molecule is CC(=O)O[C@]12CO[C@@H]1C[C@H](O)[C@@]1(C)C(=O)[C@H](O)C3=C(C)[C@H](OC(=O)[C@@H](O)[C@@H](NC(=O)OC(C)(C)C)c4ccccc4)C[C@@](O)([C@H](OC(=O)c4ccccc4)[C@H]21)C3(C)C. The van der Waals surface area contributed by atoms with E-state index in [-0.39, 0.29) is 29.7 Å². The minimum Gasteiger partial charge on any atom is -0.456 e. The average molecular weight is 808 g/mol. The maximum Gasteiger partial charge on any atom is 0.408 e. The lowest BCUT2D eigenvalue weighted by molar-refractivity contribution is -0.346. The molecule has 3 aliphatic carbocycles. The molecule has 2 aromatic carbocycles. The lowest BCUT2D eigenvalue weighted by atomic mass is 9.44. The number of esters is 3. The van der Waals surface area contributed by atoms with Crippen LogP contribution in [0.5, 0.6) is 0 Å². The molecule has 0 radical (unpaired) electrons. The van der Waals surface area contributed by atoms with Crippen LogP contribution in [-0.4, -0.2) is 110 Å². The number of aliphatic hydroxyl groups excluding tert-OH is 3. The Hall–Kier alpha value is -4.67. The third-order valence-electron chi connectivity index (χ3n) is 12.6. The molecule has 15 heteroatoms. The highest BCUT2D eigenvalue weighted by molar-refractivity contribution is 5.94. The van der Waals surface area contributed by atoms with Crippen LogP contribution in [0, 0.1) is 16.7 Å². The van der Waals surface area contributed by atoms with Crippen molar-refractivity contribution in [3.8, 4) is 0 Å². The summed E-state index contributed by atoms with van der Waals surface area (Å²) in [5.74, 6) is -5.36. The van der Waals surface area contributed by atoms with Crippen LogP contribution < -0.4 is 5.32 Å². The fourth-order valence-electron chi connectivity index (χ4n) is 9.56. The second kappa shape index (κ2) is 15.2. The molecule has 1 saturated heterocycles. The van der Waals surface area contributed by atoms with Crippen molar-refractivity contribution in [2.75, 3.05) is 6.61 Å². The summed E-state index contributed by atoms with van der Waals surface area (Å²) in [6.07, 6.45) is -11.5. The van der Waals surface area contributed by atoms with E-state index in [9.17, 15) is 44.4 Å². The van der Waals surface area contributed by atoms with Crippen LogP contribution in [0.15, 0.2) is 71.8 Å². The summed E-state index contributed by atoms with van der Waals surface area (Å²) < 4.78 is 29.5. The van der Waals surface area contributed by atoms with Gasteiger partial charge in [-0.2, -0.15) is 0 Å². The van der Waals surface area contributed by atoms with Crippen molar-refractivity contribution in [3.63, 3.8) is 0 Å². The Morgan fingerprint density at radius 3 is 2.10 bits per heavy atom. The fourth-order valence-corrected chi connectivity index (χ4v) is 9.56. The number of nitrogens with one attached hydrogen (secondary N) is 1. The Morgan fingerprint density at radius 1 is 0.948 bits per heavy atom. The van der Waals surface area contributed by atoms with Gasteiger partial charge in [-0.05, 0) is 63.5 Å². The van der Waals surface area contributed by atoms with Crippen molar-refractivity contribution in [1.82, 2.24) is 5.32 Å². The number of alkyl carbamates (subject to hydrolysis) is 1. The number of hydrogen-bond donors (Lipinski definition) is 5. The van der Waals surface area contributed by atoms with Gasteiger partial charge in [0.2, 0.25) is 0 Å². The number of carbonyl (C=O) groups excluding carboxylic acids is 5. The van der Waals surface area contributed by atoms with Gasteiger partial charge in [-0.3, -0.25) is 9.59 Å². The maximum absolute atomic E-state index is 14.9. The van der Waals surface area contributed by atoms with Gasteiger partial charge >= 0.3 is 24.0 Å². The summed E-state index contributed by atoms with van der Waals surface area (Å²) in [7, 11) is 0. The molecule has 58 heavy (non-hydrogen) atoms. The van der Waals surface area contributed by atoms with Crippen molar-refractivity contribution in [2.45, 2.75) is 128 Å². The van der Waals surface area contributed by atoms with Crippen molar-refractivity contribution in [1.29, 1.82) is 0 Å². The van der Waals surface area contributed by atoms with Gasteiger partial charge in [0, 0.05) is 25.2 Å². The summed E-state index contributed by atoms with van der Waals surface area (Å²) >= 11 is 0. The minimum absolute atomic E-state index is 0.0637. The Kier molecular flexibility index (Phi) is 11.2. The van der Waals surface area contributed by atoms with Gasteiger partial charge in [0.15, 0.2) is 17.5 Å². The van der Waals surface area contributed by atoms with E-state index in [1.807, 2.05) is 0 Å². The monoisotopic (exact) mass is 807 g/mol. The molecule has 4 aliphatic rings. The van der Waals surface area contributed by atoms with E-state index in [4.69, 9.17) is 23.7 Å². The van der Waals surface area contributed by atoms with E-state index in [1.54, 1.807) is 83.1 Å². The van der Waals surface area contributed by atoms with Gasteiger partial charge in [0.25, 0.3) is 0 Å². The first-order valence-electron chi connectivity index (χ1n) is 19.3. The molecule has 2 aromatic rings. The van der Waals surface area contributed by atoms with E-state index in [0.717, 1.165) is 6.92 Å². The molecule has 0 spiro atoms. The molecule has 3 fully saturated rings. The molecule has 0 aromatic heterocycles. The van der Waals surface area contributed by atoms with Gasteiger partial charge < -0.3 is 49.4 Å². The maximum atomic E-state index is 14.9. The molecule has 6 rings (SSSR count). The van der Waals surface area contributed by atoms with Crippen molar-refractivity contribution < 1.29 is 68.1 Å². The molecular weight excluding hydrogens is 754 g/mol. The third kappa shape index (κ3) is 7.10. The standard InChI is InChI=1S/C43H53NO14/c1-22-26(55-37(51)32(48)30(24-15-11-9-12-16-24)44-38(52)58-39(3,4)5)20-43(53)35(56-36(50)25-17-13-10-14-18-25)33-41(8,34(49)31(47)29(22)40(43,6)7)27(46)19-28-42(33,21-54-28)57-23(2)45/h9-18,26-28,30-33,35,46-48,53H,19-21H2,1-8H3,(H,44,52)/t26-,27+,28-,30+,31-,32+,33+,35-,41-,42-,43-/m1/s1. The highest BCUT2D eigenvalue weighted by Crippen LogP contribution is 2.64. The Morgan fingerprint density at radius 2 is 1.55 bits per heavy atom. The van der Waals surface area contributed by atoms with Crippen molar-refractivity contribution in [2.24, 2.45) is 16.7 Å². The Bertz CT molecular complexity index is 1980. The first-order chi connectivity index (χ1) is 27.0. The number of amides is 1. The van der Waals surface area contributed by atoms with Crippen LogP contribution in [0.2, 0.25) is 0 Å². The van der Waals surface area contributed by atoms with Crippen LogP contribution in [0.4, 0.5) is 4.79 Å². The number of hydrogen-bond acceptors (Lipinski definition) is 14. The molecule has 0 unspecified atom stereocenters. The molecule has 314 valence electrons. The molecule has 15 nitrogen and oxygen atoms in total. The van der Waals surface area contributed by atoms with Gasteiger partial charge in [-0.15, -0.1) is 0 Å². The first kappa shape index (κ1) is 42.9. The smallest absolute Gasteiger partial charge is 0.408 e. The van der Waals surface area contributed by atoms with Crippen LogP contribution >= 0.6 is 0 Å². The first-order valence-corrected chi connectivity index (χ1v) is 19.3. The molecule has 1 aliphatic heterocycles. The van der Waals surface area contributed by atoms with E-state index in [0.29, 0.717) is 5.56 Å². The molecule has 2 bridgehead atoms. The number of carbonyl (C=O) groups is 5. The number of rotatable bonds is 8. The van der Waals surface area contributed by atoms with E-state index in [1.165, 1.54) is 26.0 Å². The number of fused-ring (bicyclic) bond motifs is 5. The fraction of sp³-hybridized carbons (Fsp3) is 0.558. The van der Waals surface area contributed by atoms with E-state index < -0.39 is 112 Å². The van der Waals surface area contributed by atoms with Crippen LogP contribution in [0.25, 0.3) is 0 Å². The largest absolute Gasteiger partial charge is 0.456 e. The summed E-state index contributed by atoms with van der Waals surface area (Å²) in [6.45, 7) is 11.8. The molecule has 5 N–H and O–H groups in total. The minimum atomic E-state index is -2.35. The lowest BCUT2D eigenvalue weighted by Crippen LogP contribution is -2.81. The topological polar surface area (TPSA) is 224 Å². The van der Waals surface area contributed by atoms with E-state index >= 15 is 0 Å². The lowest BCUT2D eigenvalue weighted by Gasteiger charge is -2.67. The third-order valence-corrected chi connectivity index (χ3v) is 12.6. The zero-order valence-electron chi connectivity index (χ0n) is 33.9. The number of Topliss-reactive ketones (excluding diaryl/α,β-unsaturated/α-hetero) is 1. The summed E-state index contributed by atoms with van der Waals surface area (Å²) in [6, 6.07) is 14.6. The highest BCUT2D eigenvalue weighted by Gasteiger charge is 2.78. The van der Waals surface area contributed by atoms with Gasteiger partial charge in [0.1, 0.15) is 35.6 Å². The van der Waals surface area contributed by atoms with Crippen molar-refractivity contribution >= 4 is 29.8 Å². The predicted molar refractivity (Wildman–Crippen MR) is 204 cm³/mol. The van der Waals surface area contributed by atoms with Gasteiger partial charge in [0.05, 0.1) is 35.6 Å². The second-order valence-electron chi connectivity index (χ2n) is 17.6. The average Bonchev–Trinajstić information content (AvgIpc) is 3.14. The zero-order valence-corrected chi connectivity index (χ0v) is 33.9. The quantitative estimate of drug-likeness (QED) is 0.147. The summed E-state index contributed by atoms with van der Waals surface area (Å²) in [5, 5.41) is 51.6. The zero-order chi connectivity index (χ0) is 42.7. The number of aliphatic hydroxyl groups is 4.